The fourth-order valence-corrected chi connectivity index (χ4v) is 1.40. The second-order valence-corrected chi connectivity index (χ2v) is 3.53. The molecule has 0 atom stereocenters. The summed E-state index contributed by atoms with van der Waals surface area (Å²) in [6.07, 6.45) is 1.60. The molecule has 1 aliphatic heterocycles. The fraction of sp³-hybridized carbons (Fsp3) is 0.750. The number of hydrogen-bond acceptors (Lipinski definition) is 4. The van der Waals surface area contributed by atoms with Crippen molar-refractivity contribution in [3.8, 4) is 0 Å². The zero-order valence-corrected chi connectivity index (χ0v) is 8.06. The third-order valence-electron chi connectivity index (χ3n) is 2.58. The minimum atomic E-state index is 0.664. The van der Waals surface area contributed by atoms with Crippen LogP contribution < -0.4 is 5.32 Å². The van der Waals surface area contributed by atoms with Gasteiger partial charge in [0, 0.05) is 26.2 Å². The van der Waals surface area contributed by atoms with Crippen molar-refractivity contribution in [2.24, 2.45) is 7.05 Å². The third kappa shape index (κ3) is 1.71. The van der Waals surface area contributed by atoms with Crippen LogP contribution in [0.25, 0.3) is 0 Å². The molecule has 0 unspecified atom stereocenters. The van der Waals surface area contributed by atoms with Gasteiger partial charge in [-0.05, 0) is 7.05 Å². The topological polar surface area (TPSA) is 46.0 Å². The monoisotopic (exact) mass is 181 g/mol. The molecule has 13 heavy (non-hydrogen) atoms. The molecule has 1 saturated heterocycles. The van der Waals surface area contributed by atoms with Crippen molar-refractivity contribution in [3.05, 3.63) is 12.2 Å². The average molecular weight is 181 g/mol. The van der Waals surface area contributed by atoms with Gasteiger partial charge in [-0.2, -0.15) is 5.10 Å². The first-order chi connectivity index (χ1) is 6.27. The predicted octanol–water partition coefficient (Wildman–Crippen LogP) is -0.781. The van der Waals surface area contributed by atoms with Gasteiger partial charge in [0.1, 0.15) is 12.2 Å². The number of likely N-dealkylation sites (N-methyl/N-ethyl adjacent to an activating group) is 1. The Bertz CT molecular complexity index is 278. The molecule has 0 aliphatic carbocycles. The van der Waals surface area contributed by atoms with Crippen LogP contribution in [0.5, 0.6) is 0 Å². The Morgan fingerprint density at radius 2 is 2.46 bits per heavy atom. The first-order valence-electron chi connectivity index (χ1n) is 4.51. The Morgan fingerprint density at radius 3 is 2.92 bits per heavy atom. The SMILES string of the molecule is CN(Cc1ncnn1C)C1CNC1. The predicted molar refractivity (Wildman–Crippen MR) is 49.1 cm³/mol. The highest BCUT2D eigenvalue weighted by molar-refractivity contribution is 4.88. The molecule has 1 aromatic rings. The summed E-state index contributed by atoms with van der Waals surface area (Å²) in [6, 6.07) is 0.664. The van der Waals surface area contributed by atoms with Gasteiger partial charge in [0.05, 0.1) is 6.54 Å². The lowest BCUT2D eigenvalue weighted by Crippen LogP contribution is -2.55. The van der Waals surface area contributed by atoms with E-state index in [1.807, 2.05) is 11.7 Å². The first kappa shape index (κ1) is 8.65. The van der Waals surface area contributed by atoms with Crippen molar-refractivity contribution in [2.45, 2.75) is 12.6 Å². The highest BCUT2D eigenvalue weighted by Crippen LogP contribution is 2.05. The lowest BCUT2D eigenvalue weighted by Gasteiger charge is -2.35. The second kappa shape index (κ2) is 3.43. The molecule has 72 valence electrons. The van der Waals surface area contributed by atoms with Crippen LogP contribution >= 0.6 is 0 Å². The third-order valence-corrected chi connectivity index (χ3v) is 2.58. The van der Waals surface area contributed by atoms with Crippen LogP contribution in [0.3, 0.4) is 0 Å². The minimum Gasteiger partial charge on any atom is -0.314 e. The maximum Gasteiger partial charge on any atom is 0.140 e. The van der Waals surface area contributed by atoms with Gasteiger partial charge in [0.15, 0.2) is 0 Å². The molecule has 0 amide bonds. The lowest BCUT2D eigenvalue weighted by molar-refractivity contribution is 0.167. The molecule has 0 saturated carbocycles. The summed E-state index contributed by atoms with van der Waals surface area (Å²) >= 11 is 0. The Hall–Kier alpha value is -0.940. The number of aromatic nitrogens is 3. The Kier molecular flexibility index (Phi) is 2.28. The summed E-state index contributed by atoms with van der Waals surface area (Å²) in [6.45, 7) is 3.06. The van der Waals surface area contributed by atoms with Gasteiger partial charge in [-0.3, -0.25) is 9.58 Å². The largest absolute Gasteiger partial charge is 0.314 e. The van der Waals surface area contributed by atoms with Crippen molar-refractivity contribution >= 4 is 0 Å². The van der Waals surface area contributed by atoms with Gasteiger partial charge in [-0.15, -0.1) is 0 Å². The average Bonchev–Trinajstić information content (AvgIpc) is 2.32. The van der Waals surface area contributed by atoms with Crippen LogP contribution in [0.2, 0.25) is 0 Å². The Morgan fingerprint density at radius 1 is 1.69 bits per heavy atom. The molecule has 0 radical (unpaired) electrons. The molecule has 1 aromatic heterocycles. The molecular formula is C8H15N5. The Balaban J connectivity index is 1.93. The molecule has 5 nitrogen and oxygen atoms in total. The smallest absolute Gasteiger partial charge is 0.140 e. The molecule has 2 heterocycles. The van der Waals surface area contributed by atoms with Gasteiger partial charge < -0.3 is 5.32 Å². The van der Waals surface area contributed by atoms with Gasteiger partial charge in [-0.1, -0.05) is 0 Å². The molecule has 0 aromatic carbocycles. The maximum absolute atomic E-state index is 4.19. The van der Waals surface area contributed by atoms with Crippen LogP contribution in [0.15, 0.2) is 6.33 Å². The van der Waals surface area contributed by atoms with Gasteiger partial charge in [0.2, 0.25) is 0 Å². The van der Waals surface area contributed by atoms with E-state index in [0.717, 1.165) is 25.5 Å². The maximum atomic E-state index is 4.19. The van der Waals surface area contributed by atoms with Gasteiger partial charge in [0.25, 0.3) is 0 Å². The number of hydrogen-bond donors (Lipinski definition) is 1. The van der Waals surface area contributed by atoms with E-state index < -0.39 is 0 Å². The zero-order valence-electron chi connectivity index (χ0n) is 8.06. The summed E-state index contributed by atoms with van der Waals surface area (Å²) < 4.78 is 1.82. The summed E-state index contributed by atoms with van der Waals surface area (Å²) in [5, 5.41) is 7.29. The van der Waals surface area contributed by atoms with Crippen molar-refractivity contribution in [1.82, 2.24) is 25.0 Å². The summed E-state index contributed by atoms with van der Waals surface area (Å²) in [7, 11) is 4.05. The van der Waals surface area contributed by atoms with Crippen molar-refractivity contribution < 1.29 is 0 Å². The van der Waals surface area contributed by atoms with Crippen LogP contribution in [0, 0.1) is 0 Å². The molecule has 1 fully saturated rings. The van der Waals surface area contributed by atoms with E-state index in [9.17, 15) is 0 Å². The minimum absolute atomic E-state index is 0.664. The van der Waals surface area contributed by atoms with E-state index in [2.05, 4.69) is 27.3 Å². The van der Waals surface area contributed by atoms with E-state index in [1.165, 1.54) is 0 Å². The molecule has 0 bridgehead atoms. The highest BCUT2D eigenvalue weighted by Gasteiger charge is 2.22. The quantitative estimate of drug-likeness (QED) is 0.664. The summed E-state index contributed by atoms with van der Waals surface area (Å²) in [5.74, 6) is 1.02. The Labute approximate surface area is 77.8 Å². The molecule has 1 aliphatic rings. The highest BCUT2D eigenvalue weighted by atomic mass is 15.3. The number of nitrogens with zero attached hydrogens (tertiary/aromatic N) is 4. The lowest BCUT2D eigenvalue weighted by atomic mass is 10.1. The fourth-order valence-electron chi connectivity index (χ4n) is 1.40. The number of aryl methyl sites for hydroxylation is 1. The normalized spacial score (nSPS) is 17.8. The number of rotatable bonds is 3. The standard InChI is InChI=1S/C8H15N5/c1-12(7-3-9-4-7)5-8-10-6-11-13(8)2/h6-7,9H,3-5H2,1-2H3. The van der Waals surface area contributed by atoms with E-state index in [4.69, 9.17) is 0 Å². The molecule has 2 rings (SSSR count). The van der Waals surface area contributed by atoms with E-state index >= 15 is 0 Å². The first-order valence-corrected chi connectivity index (χ1v) is 4.51. The van der Waals surface area contributed by atoms with Crippen LogP contribution in [0.1, 0.15) is 5.82 Å². The molecule has 1 N–H and O–H groups in total. The van der Waals surface area contributed by atoms with E-state index in [-0.39, 0.29) is 0 Å². The van der Waals surface area contributed by atoms with E-state index in [1.54, 1.807) is 6.33 Å². The molecule has 5 heteroatoms. The summed E-state index contributed by atoms with van der Waals surface area (Å²) in [5.41, 5.74) is 0. The molecular weight excluding hydrogens is 166 g/mol. The zero-order chi connectivity index (χ0) is 9.26. The van der Waals surface area contributed by atoms with Crippen molar-refractivity contribution in [3.63, 3.8) is 0 Å². The van der Waals surface area contributed by atoms with Crippen LogP contribution in [0.4, 0.5) is 0 Å². The summed E-state index contributed by atoms with van der Waals surface area (Å²) in [4.78, 5) is 6.49. The van der Waals surface area contributed by atoms with Crippen molar-refractivity contribution in [1.29, 1.82) is 0 Å². The second-order valence-electron chi connectivity index (χ2n) is 3.53. The van der Waals surface area contributed by atoms with Crippen molar-refractivity contribution in [2.75, 3.05) is 20.1 Å². The number of nitrogens with one attached hydrogen (secondary N) is 1. The molecule has 0 spiro atoms. The van der Waals surface area contributed by atoms with E-state index in [0.29, 0.717) is 6.04 Å². The van der Waals surface area contributed by atoms with Crippen LogP contribution in [-0.2, 0) is 13.6 Å². The van der Waals surface area contributed by atoms with Gasteiger partial charge >= 0.3 is 0 Å². The van der Waals surface area contributed by atoms with Crippen LogP contribution in [-0.4, -0.2) is 45.8 Å². The van der Waals surface area contributed by atoms with Gasteiger partial charge in [-0.25, -0.2) is 4.98 Å².